The van der Waals surface area contributed by atoms with Crippen molar-refractivity contribution in [2.45, 2.75) is 32.9 Å². The molecular formula is C22H23N3O3. The highest BCUT2D eigenvalue weighted by atomic mass is 16.4. The Morgan fingerprint density at radius 2 is 1.75 bits per heavy atom. The Balaban J connectivity index is 1.97. The van der Waals surface area contributed by atoms with E-state index >= 15 is 0 Å². The summed E-state index contributed by atoms with van der Waals surface area (Å²) >= 11 is 0. The van der Waals surface area contributed by atoms with Crippen LogP contribution in [0.1, 0.15) is 36.7 Å². The number of pyridine rings is 1. The van der Waals surface area contributed by atoms with E-state index in [0.29, 0.717) is 12.1 Å². The van der Waals surface area contributed by atoms with E-state index < -0.39 is 17.5 Å². The van der Waals surface area contributed by atoms with Crippen molar-refractivity contribution in [3.05, 3.63) is 66.0 Å². The van der Waals surface area contributed by atoms with Gasteiger partial charge < -0.3 is 10.8 Å². The molecule has 0 fully saturated rings. The van der Waals surface area contributed by atoms with Crippen molar-refractivity contribution in [2.24, 2.45) is 5.73 Å². The predicted molar refractivity (Wildman–Crippen MR) is 109 cm³/mol. The van der Waals surface area contributed by atoms with Crippen LogP contribution in [0.4, 0.5) is 4.79 Å². The topological polar surface area (TPSA) is 96.5 Å². The zero-order valence-electron chi connectivity index (χ0n) is 16.1. The molecule has 0 aliphatic carbocycles. The number of primary amides is 1. The van der Waals surface area contributed by atoms with Crippen molar-refractivity contribution in [3.8, 4) is 11.1 Å². The van der Waals surface area contributed by atoms with Crippen molar-refractivity contribution in [2.75, 3.05) is 0 Å². The molecule has 3 N–H and O–H groups in total. The first-order chi connectivity index (χ1) is 13.2. The quantitative estimate of drug-likeness (QED) is 0.709. The van der Waals surface area contributed by atoms with Gasteiger partial charge in [0.15, 0.2) is 0 Å². The Bertz CT molecular complexity index is 1040. The number of amides is 2. The molecule has 6 nitrogen and oxygen atoms in total. The lowest BCUT2D eigenvalue weighted by atomic mass is 9.98. The van der Waals surface area contributed by atoms with Gasteiger partial charge in [0.25, 0.3) is 0 Å². The second-order valence-electron chi connectivity index (χ2n) is 7.72. The van der Waals surface area contributed by atoms with E-state index in [1.54, 1.807) is 24.5 Å². The van der Waals surface area contributed by atoms with Gasteiger partial charge in [-0.15, -0.1) is 0 Å². The van der Waals surface area contributed by atoms with Crippen LogP contribution < -0.4 is 5.73 Å². The number of carbonyl (C=O) groups excluding carboxylic acids is 1. The Morgan fingerprint density at radius 3 is 2.32 bits per heavy atom. The molecular weight excluding hydrogens is 354 g/mol. The first-order valence-corrected chi connectivity index (χ1v) is 8.94. The summed E-state index contributed by atoms with van der Waals surface area (Å²) in [6.07, 6.45) is 2.54. The second kappa shape index (κ2) is 7.31. The van der Waals surface area contributed by atoms with Crippen LogP contribution in [0, 0.1) is 0 Å². The number of benzene rings is 2. The normalized spacial score (nSPS) is 11.4. The van der Waals surface area contributed by atoms with Gasteiger partial charge in [-0.1, -0.05) is 30.3 Å². The lowest BCUT2D eigenvalue weighted by Gasteiger charge is -2.33. The summed E-state index contributed by atoms with van der Waals surface area (Å²) in [5.41, 5.74) is 8.08. The van der Waals surface area contributed by atoms with Gasteiger partial charge in [-0.2, -0.15) is 0 Å². The number of aromatic nitrogens is 1. The largest absolute Gasteiger partial charge is 0.465 e. The maximum atomic E-state index is 11.6. The number of fused-ring (bicyclic) bond motifs is 1. The minimum atomic E-state index is -0.950. The maximum absolute atomic E-state index is 11.6. The maximum Gasteiger partial charge on any atom is 0.408 e. The van der Waals surface area contributed by atoms with E-state index in [9.17, 15) is 14.7 Å². The third-order valence-corrected chi connectivity index (χ3v) is 4.69. The Kier molecular flexibility index (Phi) is 5.05. The van der Waals surface area contributed by atoms with Crippen LogP contribution in [0.3, 0.4) is 0 Å². The highest BCUT2D eigenvalue weighted by Gasteiger charge is 2.26. The summed E-state index contributed by atoms with van der Waals surface area (Å²) in [5.74, 6) is -0.476. The van der Waals surface area contributed by atoms with Crippen LogP contribution >= 0.6 is 0 Å². The smallest absolute Gasteiger partial charge is 0.408 e. The number of carbonyl (C=O) groups is 2. The molecule has 3 rings (SSSR count). The number of carboxylic acid groups (broad SMARTS) is 1. The van der Waals surface area contributed by atoms with Crippen molar-refractivity contribution in [1.82, 2.24) is 9.88 Å². The molecule has 0 bridgehead atoms. The summed E-state index contributed by atoms with van der Waals surface area (Å²) < 4.78 is 0. The molecule has 0 aliphatic heterocycles. The van der Waals surface area contributed by atoms with Crippen molar-refractivity contribution < 1.29 is 14.7 Å². The molecule has 0 atom stereocenters. The number of rotatable bonds is 4. The van der Waals surface area contributed by atoms with Crippen LogP contribution in [0.2, 0.25) is 0 Å². The van der Waals surface area contributed by atoms with Crippen molar-refractivity contribution in [1.29, 1.82) is 0 Å². The molecule has 0 spiro atoms. The SMILES string of the molecule is CC(C)(C)N(Cc1ccc(-c2cncc3ccc(C(N)=O)cc23)cc1)C(=O)O. The first kappa shape index (κ1) is 19.4. The van der Waals surface area contributed by atoms with Gasteiger partial charge in [-0.3, -0.25) is 14.7 Å². The van der Waals surface area contributed by atoms with E-state index in [1.165, 1.54) is 4.90 Å². The summed E-state index contributed by atoms with van der Waals surface area (Å²) in [4.78, 5) is 28.8. The monoisotopic (exact) mass is 377 g/mol. The fourth-order valence-corrected chi connectivity index (χ4v) is 3.11. The minimum absolute atomic E-state index is 0.304. The zero-order valence-corrected chi connectivity index (χ0v) is 16.1. The summed E-state index contributed by atoms with van der Waals surface area (Å²) in [6, 6.07) is 13.0. The van der Waals surface area contributed by atoms with E-state index in [-0.39, 0.29) is 0 Å². The minimum Gasteiger partial charge on any atom is -0.465 e. The Hall–Kier alpha value is -3.41. The molecule has 0 unspecified atom stereocenters. The first-order valence-electron chi connectivity index (χ1n) is 8.94. The van der Waals surface area contributed by atoms with Crippen LogP contribution in [-0.4, -0.2) is 32.5 Å². The van der Waals surface area contributed by atoms with Crippen LogP contribution in [0.15, 0.2) is 54.9 Å². The summed E-state index contributed by atoms with van der Waals surface area (Å²) in [5, 5.41) is 11.3. The van der Waals surface area contributed by atoms with Crippen molar-refractivity contribution >= 4 is 22.8 Å². The molecule has 28 heavy (non-hydrogen) atoms. The molecule has 1 aromatic heterocycles. The standard InChI is InChI=1S/C22H23N3O3/c1-22(2,3)25(21(27)28)13-14-4-6-15(7-5-14)19-12-24-11-17-9-8-16(20(23)26)10-18(17)19/h4-12H,13H2,1-3H3,(H2,23,26)(H,27,28). The lowest BCUT2D eigenvalue weighted by Crippen LogP contribution is -2.44. The molecule has 6 heteroatoms. The Labute approximate surface area is 163 Å². The number of hydrogen-bond donors (Lipinski definition) is 2. The van der Waals surface area contributed by atoms with Gasteiger partial charge in [0, 0.05) is 41.0 Å². The number of nitrogens with two attached hydrogens (primary N) is 1. The van der Waals surface area contributed by atoms with Crippen LogP contribution in [-0.2, 0) is 6.54 Å². The van der Waals surface area contributed by atoms with Gasteiger partial charge in [0.2, 0.25) is 5.91 Å². The van der Waals surface area contributed by atoms with Gasteiger partial charge in [-0.05, 0) is 49.4 Å². The number of nitrogens with zero attached hydrogens (tertiary/aromatic N) is 2. The average Bonchev–Trinajstić information content (AvgIpc) is 2.64. The fraction of sp³-hybridized carbons (Fsp3) is 0.227. The van der Waals surface area contributed by atoms with Crippen LogP contribution in [0.5, 0.6) is 0 Å². The van der Waals surface area contributed by atoms with Gasteiger partial charge in [0.05, 0.1) is 0 Å². The third kappa shape index (κ3) is 3.96. The number of hydrogen-bond acceptors (Lipinski definition) is 3. The molecule has 144 valence electrons. The van der Waals surface area contributed by atoms with Gasteiger partial charge >= 0.3 is 6.09 Å². The fourth-order valence-electron chi connectivity index (χ4n) is 3.11. The van der Waals surface area contributed by atoms with Gasteiger partial charge in [-0.25, -0.2) is 4.79 Å². The second-order valence-corrected chi connectivity index (χ2v) is 7.72. The predicted octanol–water partition coefficient (Wildman–Crippen LogP) is 4.28. The zero-order chi connectivity index (χ0) is 20.5. The lowest BCUT2D eigenvalue weighted by molar-refractivity contribution is 0.0953. The van der Waals surface area contributed by atoms with E-state index in [2.05, 4.69) is 4.98 Å². The van der Waals surface area contributed by atoms with E-state index in [4.69, 9.17) is 5.73 Å². The van der Waals surface area contributed by atoms with Crippen molar-refractivity contribution in [3.63, 3.8) is 0 Å². The average molecular weight is 377 g/mol. The molecule has 0 saturated carbocycles. The third-order valence-electron chi connectivity index (χ3n) is 4.69. The van der Waals surface area contributed by atoms with Crippen LogP contribution in [0.25, 0.3) is 21.9 Å². The summed E-state index contributed by atoms with van der Waals surface area (Å²) in [6.45, 7) is 5.91. The molecule has 2 amide bonds. The van der Waals surface area contributed by atoms with E-state index in [0.717, 1.165) is 27.5 Å². The van der Waals surface area contributed by atoms with Gasteiger partial charge in [0.1, 0.15) is 0 Å². The Morgan fingerprint density at radius 1 is 1.07 bits per heavy atom. The van der Waals surface area contributed by atoms with E-state index in [1.807, 2.05) is 51.1 Å². The molecule has 0 saturated heterocycles. The molecule has 0 radical (unpaired) electrons. The summed E-state index contributed by atoms with van der Waals surface area (Å²) in [7, 11) is 0. The highest BCUT2D eigenvalue weighted by Crippen LogP contribution is 2.29. The molecule has 3 aromatic rings. The molecule has 2 aromatic carbocycles. The molecule has 1 heterocycles. The molecule has 0 aliphatic rings. The highest BCUT2D eigenvalue weighted by molar-refractivity contribution is 6.02.